The molecule has 2 aromatic rings. The van der Waals surface area contributed by atoms with Gasteiger partial charge in [-0.1, -0.05) is 6.07 Å². The highest BCUT2D eigenvalue weighted by Gasteiger charge is 2.20. The molecule has 1 N–H and O–H groups in total. The maximum atomic E-state index is 12.3. The Morgan fingerprint density at radius 1 is 0.913 bits per heavy atom. The van der Waals surface area contributed by atoms with Crippen LogP contribution < -0.4 is 4.18 Å². The maximum Gasteiger partial charge on any atom is 0.339 e. The highest BCUT2D eigenvalue weighted by molar-refractivity contribution is 14.1. The SMILES string of the molecule is Cc1cc(C)cc(S(=O)(=O)Oc2ccc(S(=O)(=O)O)cc2I)c1. The second kappa shape index (κ2) is 6.38. The Bertz CT molecular complexity index is 945. The molecule has 0 aliphatic rings. The van der Waals surface area contributed by atoms with Gasteiger partial charge in [-0.2, -0.15) is 16.8 Å². The van der Waals surface area contributed by atoms with E-state index in [1.807, 2.05) is 6.07 Å². The summed E-state index contributed by atoms with van der Waals surface area (Å²) in [6.07, 6.45) is 0. The molecule has 0 aliphatic carbocycles. The van der Waals surface area contributed by atoms with E-state index >= 15 is 0 Å². The van der Waals surface area contributed by atoms with Crippen molar-refractivity contribution in [2.24, 2.45) is 0 Å². The van der Waals surface area contributed by atoms with E-state index in [9.17, 15) is 16.8 Å². The third-order valence-corrected chi connectivity index (χ3v) is 5.79. The van der Waals surface area contributed by atoms with Crippen LogP contribution in [0.15, 0.2) is 46.2 Å². The van der Waals surface area contributed by atoms with Crippen LogP contribution in [0.25, 0.3) is 0 Å². The Labute approximate surface area is 148 Å². The summed E-state index contributed by atoms with van der Waals surface area (Å²) in [7, 11) is -8.40. The van der Waals surface area contributed by atoms with Crippen molar-refractivity contribution in [2.75, 3.05) is 0 Å². The fourth-order valence-corrected chi connectivity index (χ4v) is 4.58. The van der Waals surface area contributed by atoms with Crippen LogP contribution in [0.1, 0.15) is 11.1 Å². The largest absolute Gasteiger partial charge is 0.378 e. The summed E-state index contributed by atoms with van der Waals surface area (Å²) in [6, 6.07) is 8.20. The van der Waals surface area contributed by atoms with E-state index in [1.165, 1.54) is 18.2 Å². The molecule has 0 aliphatic heterocycles. The van der Waals surface area contributed by atoms with Gasteiger partial charge in [-0.05, 0) is 77.9 Å². The number of halogens is 1. The molecule has 0 heterocycles. The molecular formula is C14H13IO6S2. The second-order valence-corrected chi connectivity index (χ2v) is 9.06. The van der Waals surface area contributed by atoms with Crippen LogP contribution in [-0.2, 0) is 20.2 Å². The molecule has 0 spiro atoms. The van der Waals surface area contributed by atoms with Crippen molar-refractivity contribution in [1.29, 1.82) is 0 Å². The lowest BCUT2D eigenvalue weighted by Gasteiger charge is -2.10. The Balaban J connectivity index is 2.41. The zero-order valence-corrected chi connectivity index (χ0v) is 15.9. The minimum absolute atomic E-state index is 0.0165. The molecule has 2 rings (SSSR count). The van der Waals surface area contributed by atoms with E-state index in [0.717, 1.165) is 23.3 Å². The number of hydrogen-bond donors (Lipinski definition) is 1. The summed E-state index contributed by atoms with van der Waals surface area (Å²) < 4.78 is 61.1. The van der Waals surface area contributed by atoms with Gasteiger partial charge in [0.15, 0.2) is 5.75 Å². The van der Waals surface area contributed by atoms with Crippen LogP contribution in [0.3, 0.4) is 0 Å². The summed E-state index contributed by atoms with van der Waals surface area (Å²) in [6.45, 7) is 3.55. The first-order valence-corrected chi connectivity index (χ1v) is 10.2. The van der Waals surface area contributed by atoms with Gasteiger partial charge < -0.3 is 4.18 Å². The van der Waals surface area contributed by atoms with Crippen molar-refractivity contribution >= 4 is 42.8 Å². The second-order valence-electron chi connectivity index (χ2n) is 4.93. The molecule has 23 heavy (non-hydrogen) atoms. The van der Waals surface area contributed by atoms with Gasteiger partial charge in [-0.25, -0.2) is 0 Å². The fraction of sp³-hybridized carbons (Fsp3) is 0.143. The van der Waals surface area contributed by atoms with Crippen molar-refractivity contribution in [2.45, 2.75) is 23.6 Å². The first-order chi connectivity index (χ1) is 10.5. The molecule has 124 valence electrons. The number of hydrogen-bond acceptors (Lipinski definition) is 5. The standard InChI is InChI=1S/C14H13IO6S2/c1-9-5-10(2)7-12(6-9)23(19,20)21-14-4-3-11(8-13(14)15)22(16,17)18/h3-8H,1-2H3,(H,16,17,18). The van der Waals surface area contributed by atoms with Crippen molar-refractivity contribution < 1.29 is 25.6 Å². The normalized spacial score (nSPS) is 12.2. The first kappa shape index (κ1) is 18.2. The minimum Gasteiger partial charge on any atom is -0.378 e. The molecule has 0 bridgehead atoms. The molecule has 0 amide bonds. The number of benzene rings is 2. The van der Waals surface area contributed by atoms with Gasteiger partial charge in [0.05, 0.1) is 8.47 Å². The molecule has 6 nitrogen and oxygen atoms in total. The van der Waals surface area contributed by atoms with Gasteiger partial charge in [0, 0.05) is 0 Å². The summed E-state index contributed by atoms with van der Waals surface area (Å²) >= 11 is 1.73. The van der Waals surface area contributed by atoms with E-state index in [1.54, 1.807) is 36.4 Å². The minimum atomic E-state index is -4.36. The molecular weight excluding hydrogens is 455 g/mol. The average molecular weight is 468 g/mol. The van der Waals surface area contributed by atoms with E-state index in [0.29, 0.717) is 0 Å². The highest BCUT2D eigenvalue weighted by Crippen LogP contribution is 2.27. The zero-order valence-electron chi connectivity index (χ0n) is 12.1. The molecule has 0 saturated heterocycles. The zero-order chi connectivity index (χ0) is 17.4. The van der Waals surface area contributed by atoms with Crippen molar-refractivity contribution in [3.63, 3.8) is 0 Å². The third-order valence-electron chi connectivity index (χ3n) is 2.88. The van der Waals surface area contributed by atoms with Crippen LogP contribution in [0.5, 0.6) is 5.75 Å². The number of aryl methyl sites for hydroxylation is 2. The topological polar surface area (TPSA) is 97.7 Å². The highest BCUT2D eigenvalue weighted by atomic mass is 127. The molecule has 2 aromatic carbocycles. The molecule has 9 heteroatoms. The molecule has 0 radical (unpaired) electrons. The lowest BCUT2D eigenvalue weighted by molar-refractivity contribution is 0.481. The average Bonchev–Trinajstić information content (AvgIpc) is 2.38. The van der Waals surface area contributed by atoms with Crippen LogP contribution in [0, 0.1) is 17.4 Å². The van der Waals surface area contributed by atoms with Crippen LogP contribution in [0.4, 0.5) is 0 Å². The Kier molecular flexibility index (Phi) is 5.04. The van der Waals surface area contributed by atoms with Crippen molar-refractivity contribution in [3.8, 4) is 5.75 Å². The van der Waals surface area contributed by atoms with Crippen LogP contribution in [-0.4, -0.2) is 21.4 Å². The molecule has 0 atom stereocenters. The Hall–Kier alpha value is -1.17. The smallest absolute Gasteiger partial charge is 0.339 e. The lowest BCUT2D eigenvalue weighted by Crippen LogP contribution is -2.11. The number of rotatable bonds is 4. The molecule has 0 aromatic heterocycles. The van der Waals surface area contributed by atoms with Crippen LogP contribution >= 0.6 is 22.6 Å². The molecule has 0 unspecified atom stereocenters. The maximum absolute atomic E-state index is 12.3. The Morgan fingerprint density at radius 3 is 1.96 bits per heavy atom. The van der Waals surface area contributed by atoms with Crippen LogP contribution in [0.2, 0.25) is 0 Å². The molecule has 0 fully saturated rings. The quantitative estimate of drug-likeness (QED) is 0.421. The van der Waals surface area contributed by atoms with Gasteiger partial charge in [0.1, 0.15) is 4.90 Å². The van der Waals surface area contributed by atoms with Crippen molar-refractivity contribution in [1.82, 2.24) is 0 Å². The van der Waals surface area contributed by atoms with E-state index in [-0.39, 0.29) is 19.1 Å². The van der Waals surface area contributed by atoms with Crippen molar-refractivity contribution in [3.05, 3.63) is 51.1 Å². The first-order valence-electron chi connectivity index (χ1n) is 6.29. The summed E-state index contributed by atoms with van der Waals surface area (Å²) in [5.74, 6) is -0.0165. The summed E-state index contributed by atoms with van der Waals surface area (Å²) in [5, 5.41) is 0. The van der Waals surface area contributed by atoms with E-state index < -0.39 is 20.2 Å². The summed E-state index contributed by atoms with van der Waals surface area (Å²) in [5.41, 5.74) is 1.56. The monoisotopic (exact) mass is 468 g/mol. The summed E-state index contributed by atoms with van der Waals surface area (Å²) in [4.78, 5) is -0.317. The molecule has 0 saturated carbocycles. The third kappa shape index (κ3) is 4.43. The predicted octanol–water partition coefficient (Wildman–Crippen LogP) is 2.92. The fourth-order valence-electron chi connectivity index (χ4n) is 1.95. The lowest BCUT2D eigenvalue weighted by atomic mass is 10.2. The van der Waals surface area contributed by atoms with E-state index in [2.05, 4.69) is 0 Å². The van der Waals surface area contributed by atoms with E-state index in [4.69, 9.17) is 8.74 Å². The van der Waals surface area contributed by atoms with Gasteiger partial charge in [-0.3, -0.25) is 4.55 Å². The van der Waals surface area contributed by atoms with Gasteiger partial charge in [-0.15, -0.1) is 0 Å². The Morgan fingerprint density at radius 2 is 1.48 bits per heavy atom. The van der Waals surface area contributed by atoms with Gasteiger partial charge in [0.25, 0.3) is 10.1 Å². The predicted molar refractivity (Wildman–Crippen MR) is 92.7 cm³/mol. The van der Waals surface area contributed by atoms with Gasteiger partial charge in [0.2, 0.25) is 0 Å². The van der Waals surface area contributed by atoms with Gasteiger partial charge >= 0.3 is 10.1 Å².